The zero-order valence-corrected chi connectivity index (χ0v) is 9.53. The quantitative estimate of drug-likeness (QED) is 0.401. The van der Waals surface area contributed by atoms with Crippen LogP contribution in [0.3, 0.4) is 0 Å². The van der Waals surface area contributed by atoms with Crippen molar-refractivity contribution in [3.63, 3.8) is 0 Å². The molecule has 0 amide bonds. The molecule has 8 heteroatoms. The number of aliphatic hydroxyl groups excluding tert-OH is 3. The SMILES string of the molecule is C[C@@H](O)[C@H]1O[C@@H](c2c[nH]c(=O)[nH]c2=O)[C@H](O)[C@@H]1O. The molecule has 0 aliphatic carbocycles. The minimum absolute atomic E-state index is 0.00991. The molecule has 2 rings (SSSR count). The summed E-state index contributed by atoms with van der Waals surface area (Å²) in [6.07, 6.45) is -4.62. The Hall–Kier alpha value is -1.48. The van der Waals surface area contributed by atoms with E-state index in [-0.39, 0.29) is 5.56 Å². The fourth-order valence-corrected chi connectivity index (χ4v) is 1.99. The van der Waals surface area contributed by atoms with Crippen LogP contribution in [-0.4, -0.2) is 49.7 Å². The summed E-state index contributed by atoms with van der Waals surface area (Å²) >= 11 is 0. The highest BCUT2D eigenvalue weighted by atomic mass is 16.6. The van der Waals surface area contributed by atoms with Gasteiger partial charge in [-0.1, -0.05) is 0 Å². The van der Waals surface area contributed by atoms with E-state index < -0.39 is 41.8 Å². The van der Waals surface area contributed by atoms with Crippen LogP contribution in [0.4, 0.5) is 0 Å². The predicted octanol–water partition coefficient (Wildman–Crippen LogP) is -2.39. The van der Waals surface area contributed by atoms with Crippen molar-refractivity contribution >= 4 is 0 Å². The van der Waals surface area contributed by atoms with E-state index in [1.54, 1.807) is 0 Å². The predicted molar refractivity (Wildman–Crippen MR) is 59.0 cm³/mol. The van der Waals surface area contributed by atoms with E-state index in [1.807, 2.05) is 4.98 Å². The van der Waals surface area contributed by atoms with E-state index >= 15 is 0 Å². The fourth-order valence-electron chi connectivity index (χ4n) is 1.99. The molecule has 1 fully saturated rings. The molecule has 1 aromatic rings. The van der Waals surface area contributed by atoms with Crippen LogP contribution < -0.4 is 11.2 Å². The summed E-state index contributed by atoms with van der Waals surface area (Å²) in [5, 5.41) is 28.9. The highest BCUT2D eigenvalue weighted by Gasteiger charge is 2.46. The number of hydrogen-bond acceptors (Lipinski definition) is 6. The molecule has 18 heavy (non-hydrogen) atoms. The van der Waals surface area contributed by atoms with Gasteiger partial charge in [0.25, 0.3) is 5.56 Å². The van der Waals surface area contributed by atoms with Gasteiger partial charge in [-0.05, 0) is 6.92 Å². The molecular formula is C10H14N2O6. The van der Waals surface area contributed by atoms with Crippen LogP contribution in [0.15, 0.2) is 15.8 Å². The zero-order chi connectivity index (χ0) is 13.4. The Morgan fingerprint density at radius 2 is 2.00 bits per heavy atom. The van der Waals surface area contributed by atoms with Crippen LogP contribution in [0, 0.1) is 0 Å². The summed E-state index contributed by atoms with van der Waals surface area (Å²) in [6.45, 7) is 1.40. The van der Waals surface area contributed by atoms with E-state index in [4.69, 9.17) is 4.74 Å². The number of H-pyrrole nitrogens is 2. The van der Waals surface area contributed by atoms with Crippen molar-refractivity contribution in [2.45, 2.75) is 37.4 Å². The van der Waals surface area contributed by atoms with Crippen LogP contribution >= 0.6 is 0 Å². The van der Waals surface area contributed by atoms with Crippen LogP contribution in [0.25, 0.3) is 0 Å². The molecule has 0 aromatic carbocycles. The maximum atomic E-state index is 11.5. The molecule has 5 atom stereocenters. The van der Waals surface area contributed by atoms with Gasteiger partial charge in [-0.25, -0.2) is 4.79 Å². The molecule has 1 aliphatic heterocycles. The maximum absolute atomic E-state index is 11.5. The van der Waals surface area contributed by atoms with Gasteiger partial charge < -0.3 is 25.0 Å². The Morgan fingerprint density at radius 3 is 2.50 bits per heavy atom. The molecule has 2 heterocycles. The molecule has 1 aromatic heterocycles. The Labute approximate surface area is 101 Å². The smallest absolute Gasteiger partial charge is 0.325 e. The number of ether oxygens (including phenoxy) is 1. The summed E-state index contributed by atoms with van der Waals surface area (Å²) < 4.78 is 5.26. The average molecular weight is 258 g/mol. The summed E-state index contributed by atoms with van der Waals surface area (Å²) in [7, 11) is 0. The van der Waals surface area contributed by atoms with Gasteiger partial charge in [0.2, 0.25) is 0 Å². The Balaban J connectivity index is 2.35. The van der Waals surface area contributed by atoms with Gasteiger partial charge in [-0.2, -0.15) is 0 Å². The first-order valence-corrected chi connectivity index (χ1v) is 5.43. The summed E-state index contributed by atoms with van der Waals surface area (Å²) in [5.41, 5.74) is -1.39. The molecule has 0 saturated carbocycles. The average Bonchev–Trinajstić information content (AvgIpc) is 2.57. The Kier molecular flexibility index (Phi) is 3.35. The minimum Gasteiger partial charge on any atom is -0.391 e. The molecule has 0 bridgehead atoms. The van der Waals surface area contributed by atoms with E-state index in [9.17, 15) is 24.9 Å². The summed E-state index contributed by atoms with van der Waals surface area (Å²) in [6, 6.07) is 0. The highest BCUT2D eigenvalue weighted by Crippen LogP contribution is 2.32. The molecule has 0 spiro atoms. The van der Waals surface area contributed by atoms with E-state index in [1.165, 1.54) is 6.92 Å². The van der Waals surface area contributed by atoms with Crippen molar-refractivity contribution in [2.75, 3.05) is 0 Å². The molecule has 100 valence electrons. The topological polar surface area (TPSA) is 136 Å². The van der Waals surface area contributed by atoms with Crippen molar-refractivity contribution in [1.82, 2.24) is 9.97 Å². The standard InChI is InChI=1S/C10H14N2O6/c1-3(13)7-5(14)6(15)8(18-7)4-2-11-10(17)12-9(4)16/h2-3,5-8,13-15H,1H3,(H2,11,12,16,17)/t3-,5+,6-,7-,8+/m1/s1. The normalized spacial score (nSPS) is 33.6. The number of nitrogens with one attached hydrogen (secondary N) is 2. The Morgan fingerprint density at radius 1 is 1.33 bits per heavy atom. The lowest BCUT2D eigenvalue weighted by molar-refractivity contribution is -0.0592. The van der Waals surface area contributed by atoms with E-state index in [2.05, 4.69) is 4.98 Å². The largest absolute Gasteiger partial charge is 0.391 e. The van der Waals surface area contributed by atoms with Gasteiger partial charge in [0.1, 0.15) is 24.4 Å². The lowest BCUT2D eigenvalue weighted by Crippen LogP contribution is -2.37. The van der Waals surface area contributed by atoms with Gasteiger partial charge in [-0.3, -0.25) is 9.78 Å². The maximum Gasteiger partial charge on any atom is 0.325 e. The second-order valence-corrected chi connectivity index (χ2v) is 4.27. The van der Waals surface area contributed by atoms with Gasteiger partial charge in [-0.15, -0.1) is 0 Å². The van der Waals surface area contributed by atoms with Crippen molar-refractivity contribution in [1.29, 1.82) is 0 Å². The van der Waals surface area contributed by atoms with Gasteiger partial charge in [0.15, 0.2) is 0 Å². The Bertz CT molecular complexity index is 536. The number of aromatic amines is 2. The number of rotatable bonds is 2. The highest BCUT2D eigenvalue weighted by molar-refractivity contribution is 5.13. The monoisotopic (exact) mass is 258 g/mol. The fraction of sp³-hybridized carbons (Fsp3) is 0.600. The van der Waals surface area contributed by atoms with Crippen LogP contribution in [0.1, 0.15) is 18.6 Å². The third kappa shape index (κ3) is 2.10. The minimum atomic E-state index is -1.35. The van der Waals surface area contributed by atoms with Gasteiger partial charge in [0.05, 0.1) is 11.7 Å². The van der Waals surface area contributed by atoms with Gasteiger partial charge >= 0.3 is 5.69 Å². The molecule has 5 N–H and O–H groups in total. The third-order valence-electron chi connectivity index (χ3n) is 2.93. The van der Waals surface area contributed by atoms with Crippen LogP contribution in [-0.2, 0) is 4.74 Å². The first-order chi connectivity index (χ1) is 8.41. The van der Waals surface area contributed by atoms with E-state index in [0.29, 0.717) is 0 Å². The summed E-state index contributed by atoms with van der Waals surface area (Å²) in [5.74, 6) is 0. The van der Waals surface area contributed by atoms with Crippen molar-refractivity contribution in [3.8, 4) is 0 Å². The van der Waals surface area contributed by atoms with Crippen molar-refractivity contribution in [2.24, 2.45) is 0 Å². The second kappa shape index (κ2) is 4.65. The molecule has 0 unspecified atom stereocenters. The number of hydrogen-bond donors (Lipinski definition) is 5. The summed E-state index contributed by atoms with van der Waals surface area (Å²) in [4.78, 5) is 26.7. The lowest BCUT2D eigenvalue weighted by atomic mass is 10.0. The molecule has 1 saturated heterocycles. The van der Waals surface area contributed by atoms with E-state index in [0.717, 1.165) is 6.20 Å². The molecule has 1 aliphatic rings. The first kappa shape index (κ1) is 13.0. The number of aliphatic hydroxyl groups is 3. The first-order valence-electron chi connectivity index (χ1n) is 5.43. The third-order valence-corrected chi connectivity index (χ3v) is 2.93. The van der Waals surface area contributed by atoms with Crippen molar-refractivity contribution < 1.29 is 20.1 Å². The zero-order valence-electron chi connectivity index (χ0n) is 9.53. The number of aromatic nitrogens is 2. The molecule has 8 nitrogen and oxygen atoms in total. The van der Waals surface area contributed by atoms with Crippen LogP contribution in [0.2, 0.25) is 0 Å². The van der Waals surface area contributed by atoms with Gasteiger partial charge in [0, 0.05) is 6.20 Å². The lowest BCUT2D eigenvalue weighted by Gasteiger charge is -2.16. The van der Waals surface area contributed by atoms with Crippen LogP contribution in [0.5, 0.6) is 0 Å². The molecule has 0 radical (unpaired) electrons. The van der Waals surface area contributed by atoms with Crippen molar-refractivity contribution in [3.05, 3.63) is 32.6 Å². The second-order valence-electron chi connectivity index (χ2n) is 4.27. The molecular weight excluding hydrogens is 244 g/mol.